The quantitative estimate of drug-likeness (QED) is 0.719. The van der Waals surface area contributed by atoms with Crippen LogP contribution in [0.15, 0.2) is 60.3 Å². The molecule has 0 aliphatic carbocycles. The molecule has 2 aromatic rings. The second-order valence-corrected chi connectivity index (χ2v) is 9.63. The van der Waals surface area contributed by atoms with Gasteiger partial charge in [-0.25, -0.2) is 0 Å². The Bertz CT molecular complexity index is 539. The lowest BCUT2D eigenvalue weighted by Crippen LogP contribution is -2.39. The fourth-order valence-corrected chi connectivity index (χ4v) is 3.88. The fraction of sp³-hybridized carbons (Fsp3) is 0.176. The van der Waals surface area contributed by atoms with Crippen molar-refractivity contribution in [2.75, 3.05) is 0 Å². The molecular weight excluding hydrogens is 232 g/mol. The van der Waals surface area contributed by atoms with Crippen LogP contribution in [0, 0.1) is 6.92 Å². The number of rotatable bonds is 3. The van der Waals surface area contributed by atoms with Crippen LogP contribution in [0.4, 0.5) is 0 Å². The van der Waals surface area contributed by atoms with Gasteiger partial charge in [0.1, 0.15) is 8.07 Å². The van der Waals surface area contributed by atoms with Gasteiger partial charge >= 0.3 is 0 Å². The molecule has 0 atom stereocenters. The van der Waals surface area contributed by atoms with E-state index in [0.29, 0.717) is 0 Å². The molecule has 18 heavy (non-hydrogen) atoms. The van der Waals surface area contributed by atoms with Crippen molar-refractivity contribution in [1.29, 1.82) is 0 Å². The lowest BCUT2D eigenvalue weighted by Gasteiger charge is -2.18. The highest BCUT2D eigenvalue weighted by Gasteiger charge is 2.18. The first kappa shape index (κ1) is 12.8. The molecule has 0 fully saturated rings. The summed E-state index contributed by atoms with van der Waals surface area (Å²) in [6.07, 6.45) is 2.29. The van der Waals surface area contributed by atoms with Gasteiger partial charge in [-0.1, -0.05) is 84.7 Å². The second kappa shape index (κ2) is 5.36. The van der Waals surface area contributed by atoms with Crippen molar-refractivity contribution in [3.8, 4) is 0 Å². The van der Waals surface area contributed by atoms with Gasteiger partial charge in [0.15, 0.2) is 0 Å². The predicted octanol–water partition coefficient (Wildman–Crippen LogP) is 4.16. The Hall–Kier alpha value is -1.60. The van der Waals surface area contributed by atoms with E-state index < -0.39 is 8.07 Å². The van der Waals surface area contributed by atoms with Crippen LogP contribution >= 0.6 is 0 Å². The molecule has 2 rings (SSSR count). The number of aryl methyl sites for hydroxylation is 1. The van der Waals surface area contributed by atoms with Gasteiger partial charge < -0.3 is 0 Å². The van der Waals surface area contributed by atoms with Gasteiger partial charge in [0.05, 0.1) is 0 Å². The molecule has 0 N–H and O–H groups in total. The Morgan fingerprint density at radius 3 is 2.11 bits per heavy atom. The minimum atomic E-state index is -1.47. The SMILES string of the molecule is Cc1ccccc1/C=C/[Si](C)(C)c1ccccc1. The van der Waals surface area contributed by atoms with Gasteiger partial charge in [0.25, 0.3) is 0 Å². The molecule has 0 aliphatic heterocycles. The second-order valence-electron chi connectivity index (χ2n) is 5.28. The summed E-state index contributed by atoms with van der Waals surface area (Å²) in [7, 11) is -1.47. The van der Waals surface area contributed by atoms with Crippen LogP contribution in [0.1, 0.15) is 11.1 Å². The molecule has 0 saturated heterocycles. The largest absolute Gasteiger partial charge is 0.104 e. The van der Waals surface area contributed by atoms with Gasteiger partial charge in [0.2, 0.25) is 0 Å². The molecule has 0 nitrogen and oxygen atoms in total. The van der Waals surface area contributed by atoms with Crippen molar-refractivity contribution < 1.29 is 0 Å². The van der Waals surface area contributed by atoms with E-state index in [2.05, 4.69) is 86.4 Å². The minimum Gasteiger partial charge on any atom is -0.0897 e. The molecule has 0 saturated carbocycles. The summed E-state index contributed by atoms with van der Waals surface area (Å²) in [5.74, 6) is 0. The summed E-state index contributed by atoms with van der Waals surface area (Å²) in [4.78, 5) is 0. The maximum absolute atomic E-state index is 2.42. The van der Waals surface area contributed by atoms with Crippen molar-refractivity contribution in [1.82, 2.24) is 0 Å². The van der Waals surface area contributed by atoms with Crippen molar-refractivity contribution in [3.63, 3.8) is 0 Å². The summed E-state index contributed by atoms with van der Waals surface area (Å²) in [5, 5.41) is 1.48. The van der Waals surface area contributed by atoms with E-state index >= 15 is 0 Å². The molecule has 1 heteroatoms. The van der Waals surface area contributed by atoms with Crippen molar-refractivity contribution in [2.45, 2.75) is 20.0 Å². The van der Waals surface area contributed by atoms with Crippen LogP contribution in [0.25, 0.3) is 6.08 Å². The average molecular weight is 252 g/mol. The Morgan fingerprint density at radius 1 is 0.833 bits per heavy atom. The molecule has 0 bridgehead atoms. The van der Waals surface area contributed by atoms with Crippen LogP contribution in [-0.2, 0) is 0 Å². The zero-order chi connectivity index (χ0) is 13.0. The summed E-state index contributed by atoms with van der Waals surface area (Å²) < 4.78 is 0. The van der Waals surface area contributed by atoms with E-state index in [4.69, 9.17) is 0 Å². The van der Waals surface area contributed by atoms with Gasteiger partial charge in [-0.3, -0.25) is 0 Å². The maximum atomic E-state index is 2.42. The molecule has 2 aromatic carbocycles. The third-order valence-electron chi connectivity index (χ3n) is 3.39. The van der Waals surface area contributed by atoms with Crippen LogP contribution in [0.3, 0.4) is 0 Å². The third-order valence-corrected chi connectivity index (χ3v) is 6.21. The van der Waals surface area contributed by atoms with E-state index in [0.717, 1.165) is 0 Å². The van der Waals surface area contributed by atoms with Crippen LogP contribution in [0.5, 0.6) is 0 Å². The Morgan fingerprint density at radius 2 is 1.44 bits per heavy atom. The Kier molecular flexibility index (Phi) is 3.83. The van der Waals surface area contributed by atoms with Gasteiger partial charge in [-0.15, -0.1) is 0 Å². The van der Waals surface area contributed by atoms with E-state index in [1.807, 2.05) is 0 Å². The first-order chi connectivity index (χ1) is 8.59. The number of hydrogen-bond acceptors (Lipinski definition) is 0. The van der Waals surface area contributed by atoms with E-state index in [1.165, 1.54) is 16.3 Å². The summed E-state index contributed by atoms with van der Waals surface area (Å²) in [6.45, 7) is 6.94. The fourth-order valence-electron chi connectivity index (χ4n) is 2.04. The third kappa shape index (κ3) is 2.99. The molecule has 0 spiro atoms. The van der Waals surface area contributed by atoms with E-state index in [9.17, 15) is 0 Å². The Balaban J connectivity index is 2.26. The monoisotopic (exact) mass is 252 g/mol. The van der Waals surface area contributed by atoms with Crippen molar-refractivity contribution >= 4 is 19.3 Å². The zero-order valence-corrected chi connectivity index (χ0v) is 12.4. The minimum absolute atomic E-state index is 1.33. The average Bonchev–Trinajstić information content (AvgIpc) is 2.39. The van der Waals surface area contributed by atoms with Crippen LogP contribution in [0.2, 0.25) is 13.1 Å². The topological polar surface area (TPSA) is 0 Å². The predicted molar refractivity (Wildman–Crippen MR) is 83.8 cm³/mol. The number of hydrogen-bond donors (Lipinski definition) is 0. The number of benzene rings is 2. The standard InChI is InChI=1S/C17H20Si/c1-15-9-7-8-10-16(15)13-14-18(2,3)17-11-5-4-6-12-17/h4-14H,1-3H3/b14-13+. The molecule has 0 aliphatic rings. The van der Waals surface area contributed by atoms with Crippen LogP contribution in [-0.4, -0.2) is 8.07 Å². The Labute approximate surface area is 111 Å². The smallest absolute Gasteiger partial charge is 0.0897 e. The summed E-state index contributed by atoms with van der Waals surface area (Å²) in [5.41, 5.74) is 5.09. The molecule has 0 heterocycles. The van der Waals surface area contributed by atoms with Crippen molar-refractivity contribution in [3.05, 3.63) is 71.4 Å². The molecule has 92 valence electrons. The maximum Gasteiger partial charge on any atom is 0.104 e. The lowest BCUT2D eigenvalue weighted by atomic mass is 10.1. The highest BCUT2D eigenvalue weighted by molar-refractivity contribution is 6.94. The first-order valence-electron chi connectivity index (χ1n) is 6.40. The van der Waals surface area contributed by atoms with E-state index in [-0.39, 0.29) is 0 Å². The van der Waals surface area contributed by atoms with Gasteiger partial charge in [-0.2, -0.15) is 0 Å². The molecule has 0 unspecified atom stereocenters. The molecule has 0 amide bonds. The summed E-state index contributed by atoms with van der Waals surface area (Å²) in [6, 6.07) is 19.4. The highest BCUT2D eigenvalue weighted by Crippen LogP contribution is 2.12. The molecule has 0 radical (unpaired) electrons. The zero-order valence-electron chi connectivity index (χ0n) is 11.4. The highest BCUT2D eigenvalue weighted by atomic mass is 28.3. The van der Waals surface area contributed by atoms with Gasteiger partial charge in [-0.05, 0) is 18.1 Å². The van der Waals surface area contributed by atoms with E-state index in [1.54, 1.807) is 0 Å². The van der Waals surface area contributed by atoms with Crippen LogP contribution < -0.4 is 5.19 Å². The molecular formula is C17H20Si. The molecule has 0 aromatic heterocycles. The van der Waals surface area contributed by atoms with Crippen molar-refractivity contribution in [2.24, 2.45) is 0 Å². The first-order valence-corrected chi connectivity index (χ1v) is 9.48. The van der Waals surface area contributed by atoms with Gasteiger partial charge in [0, 0.05) is 0 Å². The normalized spacial score (nSPS) is 11.9. The summed E-state index contributed by atoms with van der Waals surface area (Å²) >= 11 is 0. The lowest BCUT2D eigenvalue weighted by molar-refractivity contribution is 1.44.